The molecule has 0 aromatic heterocycles. The van der Waals surface area contributed by atoms with Gasteiger partial charge >= 0.3 is 24.5 Å². The van der Waals surface area contributed by atoms with Gasteiger partial charge in [-0.1, -0.05) is 18.2 Å². The average molecular weight is 616 g/mol. The second-order valence-electron chi connectivity index (χ2n) is 11.6. The highest BCUT2D eigenvalue weighted by atomic mass is 19.4. The third-order valence-electron chi connectivity index (χ3n) is 7.31. The molecule has 43 heavy (non-hydrogen) atoms. The van der Waals surface area contributed by atoms with Crippen LogP contribution in [0.4, 0.5) is 40.3 Å². The number of carbonyl (C=O) groups excluding carboxylic acids is 2. The molecule has 4 rings (SSSR count). The van der Waals surface area contributed by atoms with Crippen LogP contribution in [-0.2, 0) is 17.1 Å². The first-order valence-corrected chi connectivity index (χ1v) is 13.6. The van der Waals surface area contributed by atoms with Gasteiger partial charge < -0.3 is 19.4 Å². The third kappa shape index (κ3) is 7.42. The molecule has 0 N–H and O–H groups in total. The van der Waals surface area contributed by atoms with Crippen LogP contribution < -0.4 is 0 Å². The molecular formula is C30H32F7N3O3. The molecule has 2 aromatic rings. The first-order valence-electron chi connectivity index (χ1n) is 13.6. The van der Waals surface area contributed by atoms with Crippen molar-refractivity contribution in [2.75, 3.05) is 26.2 Å². The molecule has 3 amide bonds. The Labute approximate surface area is 244 Å². The van der Waals surface area contributed by atoms with Crippen LogP contribution in [0, 0.1) is 12.7 Å². The number of rotatable bonds is 2. The summed E-state index contributed by atoms with van der Waals surface area (Å²) in [6.07, 6.45) is -7.50. The van der Waals surface area contributed by atoms with E-state index in [1.807, 2.05) is 0 Å². The third-order valence-corrected chi connectivity index (χ3v) is 7.31. The summed E-state index contributed by atoms with van der Waals surface area (Å²) >= 11 is 0. The molecule has 234 valence electrons. The minimum atomic E-state index is -5.04. The number of piperazine rings is 1. The molecule has 0 radical (unpaired) electrons. The molecule has 0 saturated carbocycles. The molecule has 6 nitrogen and oxygen atoms in total. The van der Waals surface area contributed by atoms with E-state index in [4.69, 9.17) is 4.74 Å². The van der Waals surface area contributed by atoms with Crippen molar-refractivity contribution >= 4 is 12.1 Å². The lowest BCUT2D eigenvalue weighted by Gasteiger charge is -2.45. The molecule has 2 aromatic carbocycles. The van der Waals surface area contributed by atoms with Gasteiger partial charge in [0.2, 0.25) is 0 Å². The highest BCUT2D eigenvalue weighted by molar-refractivity contribution is 5.77. The summed E-state index contributed by atoms with van der Waals surface area (Å²) in [6, 6.07) is 2.75. The highest BCUT2D eigenvalue weighted by Crippen LogP contribution is 2.40. The molecule has 1 saturated heterocycles. The summed E-state index contributed by atoms with van der Waals surface area (Å²) in [7, 11) is 0. The van der Waals surface area contributed by atoms with Crippen LogP contribution in [0.2, 0.25) is 0 Å². The zero-order valence-corrected chi connectivity index (χ0v) is 24.0. The Hall–Kier alpha value is -3.77. The van der Waals surface area contributed by atoms with Crippen molar-refractivity contribution in [2.24, 2.45) is 0 Å². The molecule has 2 heterocycles. The van der Waals surface area contributed by atoms with Crippen molar-refractivity contribution in [3.8, 4) is 0 Å². The Morgan fingerprint density at radius 1 is 0.837 bits per heavy atom. The lowest BCUT2D eigenvalue weighted by Crippen LogP contribution is -2.56. The summed E-state index contributed by atoms with van der Waals surface area (Å²) in [5.74, 6) is -0.509. The maximum atomic E-state index is 14.1. The summed E-state index contributed by atoms with van der Waals surface area (Å²) in [6.45, 7) is 6.71. The van der Waals surface area contributed by atoms with Gasteiger partial charge in [0.25, 0.3) is 0 Å². The molecule has 0 aliphatic carbocycles. The van der Waals surface area contributed by atoms with Crippen LogP contribution in [0.15, 0.2) is 48.6 Å². The Balaban J connectivity index is 1.72. The number of nitrogens with zero attached hydrogens (tertiary/aromatic N) is 3. The predicted octanol–water partition coefficient (Wildman–Crippen LogP) is 7.89. The summed E-state index contributed by atoms with van der Waals surface area (Å²) in [5, 5.41) is 0. The van der Waals surface area contributed by atoms with Gasteiger partial charge in [-0.2, -0.15) is 26.3 Å². The normalized spacial score (nSPS) is 19.9. The smallest absolute Gasteiger partial charge is 0.416 e. The van der Waals surface area contributed by atoms with E-state index in [0.29, 0.717) is 23.3 Å². The van der Waals surface area contributed by atoms with Gasteiger partial charge in [0.1, 0.15) is 11.4 Å². The van der Waals surface area contributed by atoms with Gasteiger partial charge in [0.05, 0.1) is 23.2 Å². The maximum Gasteiger partial charge on any atom is 0.416 e. The van der Waals surface area contributed by atoms with Crippen molar-refractivity contribution in [3.05, 3.63) is 82.2 Å². The van der Waals surface area contributed by atoms with Gasteiger partial charge in [-0.25, -0.2) is 14.0 Å². The lowest BCUT2D eigenvalue weighted by molar-refractivity contribution is -0.143. The second kappa shape index (κ2) is 11.7. The van der Waals surface area contributed by atoms with Crippen molar-refractivity contribution in [1.82, 2.24) is 14.7 Å². The van der Waals surface area contributed by atoms with Gasteiger partial charge in [-0.05, 0) is 81.1 Å². The van der Waals surface area contributed by atoms with Gasteiger partial charge in [0.15, 0.2) is 0 Å². The van der Waals surface area contributed by atoms with E-state index in [1.165, 1.54) is 32.9 Å². The highest BCUT2D eigenvalue weighted by Gasteiger charge is 2.42. The zero-order valence-electron chi connectivity index (χ0n) is 24.0. The predicted molar refractivity (Wildman–Crippen MR) is 143 cm³/mol. The topological polar surface area (TPSA) is 53.1 Å². The van der Waals surface area contributed by atoms with E-state index in [-0.39, 0.29) is 44.2 Å². The van der Waals surface area contributed by atoms with Crippen LogP contribution in [0.1, 0.15) is 67.1 Å². The maximum absolute atomic E-state index is 14.1. The average Bonchev–Trinajstić information content (AvgIpc) is 2.90. The van der Waals surface area contributed by atoms with Gasteiger partial charge in [-0.15, -0.1) is 0 Å². The number of hydrogen-bond donors (Lipinski definition) is 0. The Bertz CT molecular complexity index is 1370. The summed E-state index contributed by atoms with van der Waals surface area (Å²) in [4.78, 5) is 31.1. The molecule has 0 spiro atoms. The molecule has 2 aliphatic rings. The van der Waals surface area contributed by atoms with Gasteiger partial charge in [0, 0.05) is 26.2 Å². The number of ether oxygens (including phenoxy) is 1. The number of halogens is 7. The Morgan fingerprint density at radius 2 is 1.47 bits per heavy atom. The SMILES string of the molecule is Cc1cc(F)ccc1C1CN(C(=O)OC(C)(C)C)CCN1C(=O)N1CC=CCC1c1cc(C(F)(F)F)cc(C(F)(F)F)c1. The van der Waals surface area contributed by atoms with Crippen molar-refractivity contribution in [1.29, 1.82) is 0 Å². The van der Waals surface area contributed by atoms with E-state index in [2.05, 4.69) is 0 Å². The van der Waals surface area contributed by atoms with Crippen LogP contribution in [-0.4, -0.2) is 58.6 Å². The molecular weight excluding hydrogens is 583 g/mol. The largest absolute Gasteiger partial charge is 0.444 e. The molecule has 1 fully saturated rings. The van der Waals surface area contributed by atoms with E-state index >= 15 is 0 Å². The summed E-state index contributed by atoms with van der Waals surface area (Å²) in [5.41, 5.74) is -3.00. The molecule has 2 atom stereocenters. The van der Waals surface area contributed by atoms with Crippen molar-refractivity contribution in [2.45, 2.75) is 64.2 Å². The number of urea groups is 1. The summed E-state index contributed by atoms with van der Waals surface area (Å²) < 4.78 is 101. The van der Waals surface area contributed by atoms with E-state index < -0.39 is 59.1 Å². The minimum Gasteiger partial charge on any atom is -0.444 e. The van der Waals surface area contributed by atoms with E-state index in [1.54, 1.807) is 39.8 Å². The second-order valence-corrected chi connectivity index (χ2v) is 11.6. The first kappa shape index (κ1) is 32.2. The fourth-order valence-corrected chi connectivity index (χ4v) is 5.31. The van der Waals surface area contributed by atoms with Crippen LogP contribution in [0.3, 0.4) is 0 Å². The molecule has 2 aliphatic heterocycles. The number of benzene rings is 2. The fraction of sp³-hybridized carbons (Fsp3) is 0.467. The van der Waals surface area contributed by atoms with Crippen LogP contribution in [0.5, 0.6) is 0 Å². The quantitative estimate of drug-likeness (QED) is 0.255. The van der Waals surface area contributed by atoms with Crippen LogP contribution >= 0.6 is 0 Å². The van der Waals surface area contributed by atoms with Crippen LogP contribution in [0.25, 0.3) is 0 Å². The lowest BCUT2D eigenvalue weighted by atomic mass is 9.94. The number of amides is 3. The Morgan fingerprint density at radius 3 is 2.02 bits per heavy atom. The standard InChI is InChI=1S/C30H32F7N3O3/c1-18-13-22(31)8-9-23(18)25-17-38(27(42)43-28(2,3)4)11-12-40(25)26(41)39-10-6-5-7-24(39)19-14-20(29(32,33)34)16-21(15-19)30(35,36)37/h5-6,8-9,13-16,24-25H,7,10-12,17H2,1-4H3. The monoisotopic (exact) mass is 615 g/mol. The molecule has 0 bridgehead atoms. The van der Waals surface area contributed by atoms with Crippen molar-refractivity contribution in [3.63, 3.8) is 0 Å². The minimum absolute atomic E-state index is 0.0110. The van der Waals surface area contributed by atoms with E-state index in [9.17, 15) is 40.3 Å². The molecule has 13 heteroatoms. The number of hydrogen-bond acceptors (Lipinski definition) is 3. The van der Waals surface area contributed by atoms with Crippen molar-refractivity contribution < 1.29 is 45.1 Å². The number of alkyl halides is 6. The number of aryl methyl sites for hydroxylation is 1. The zero-order chi connectivity index (χ0) is 31.9. The van der Waals surface area contributed by atoms with E-state index in [0.717, 1.165) is 0 Å². The number of carbonyl (C=O) groups is 2. The fourth-order valence-electron chi connectivity index (χ4n) is 5.31. The Kier molecular flexibility index (Phi) is 8.77. The first-order chi connectivity index (χ1) is 19.8. The molecule has 2 unspecified atom stereocenters. The van der Waals surface area contributed by atoms with Gasteiger partial charge in [-0.3, -0.25) is 0 Å².